The Balaban J connectivity index is 1.46. The second-order valence-electron chi connectivity index (χ2n) is 7.87. The fourth-order valence-electron chi connectivity index (χ4n) is 4.49. The van der Waals surface area contributed by atoms with Gasteiger partial charge in [-0.1, -0.05) is 42.5 Å². The third kappa shape index (κ3) is 3.71. The summed E-state index contributed by atoms with van der Waals surface area (Å²) in [4.78, 5) is 44.5. The molecule has 0 N–H and O–H groups in total. The Labute approximate surface area is 195 Å². The maximum absolute atomic E-state index is 13.3. The van der Waals surface area contributed by atoms with Gasteiger partial charge in [0.05, 0.1) is 25.0 Å². The lowest BCUT2D eigenvalue weighted by Crippen LogP contribution is -2.46. The van der Waals surface area contributed by atoms with Crippen LogP contribution in [0.5, 0.6) is 5.75 Å². The van der Waals surface area contributed by atoms with Gasteiger partial charge in [-0.25, -0.2) is 14.6 Å². The van der Waals surface area contributed by atoms with E-state index in [4.69, 9.17) is 4.74 Å². The zero-order valence-electron chi connectivity index (χ0n) is 18.1. The van der Waals surface area contributed by atoms with Gasteiger partial charge in [0.1, 0.15) is 5.75 Å². The summed E-state index contributed by atoms with van der Waals surface area (Å²) in [5.41, 5.74) is 2.55. The fraction of sp³-hybridized carbons (Fsp3) is 0.240. The van der Waals surface area contributed by atoms with Crippen molar-refractivity contribution in [1.82, 2.24) is 9.80 Å². The lowest BCUT2D eigenvalue weighted by atomic mass is 9.94. The molecule has 7 nitrogen and oxygen atoms in total. The van der Waals surface area contributed by atoms with E-state index in [1.807, 2.05) is 37.3 Å². The van der Waals surface area contributed by atoms with Gasteiger partial charge in [0.2, 0.25) is 0 Å². The Bertz CT molecular complexity index is 1210. The molecule has 0 bridgehead atoms. The first-order valence-corrected chi connectivity index (χ1v) is 11.7. The third-order valence-corrected chi connectivity index (χ3v) is 6.96. The molecule has 168 valence electrons. The largest absolute Gasteiger partial charge is 0.492 e. The highest BCUT2D eigenvalue weighted by Crippen LogP contribution is 2.38. The predicted molar refractivity (Wildman–Crippen MR) is 125 cm³/mol. The molecule has 1 saturated heterocycles. The van der Waals surface area contributed by atoms with Crippen molar-refractivity contribution in [2.45, 2.75) is 19.4 Å². The van der Waals surface area contributed by atoms with Crippen LogP contribution in [0.15, 0.2) is 66.0 Å². The van der Waals surface area contributed by atoms with Crippen molar-refractivity contribution in [1.29, 1.82) is 0 Å². The van der Waals surface area contributed by atoms with Gasteiger partial charge in [0.15, 0.2) is 0 Å². The number of anilines is 1. The number of urea groups is 1. The molecule has 4 amide bonds. The number of rotatable bonds is 6. The number of carbonyl (C=O) groups is 3. The van der Waals surface area contributed by atoms with Gasteiger partial charge in [-0.2, -0.15) is 0 Å². The first-order valence-electron chi connectivity index (χ1n) is 10.9. The number of thiophene rings is 1. The highest BCUT2D eigenvalue weighted by molar-refractivity contribution is 7.10. The van der Waals surface area contributed by atoms with E-state index in [0.29, 0.717) is 18.9 Å². The summed E-state index contributed by atoms with van der Waals surface area (Å²) >= 11 is 1.72. The van der Waals surface area contributed by atoms with Crippen molar-refractivity contribution >= 4 is 34.9 Å². The Kier molecular flexibility index (Phi) is 5.70. The van der Waals surface area contributed by atoms with Crippen LogP contribution >= 0.6 is 11.3 Å². The Hall–Kier alpha value is -3.49. The molecule has 0 saturated carbocycles. The van der Waals surface area contributed by atoms with Crippen molar-refractivity contribution in [2.75, 3.05) is 24.7 Å². The molecule has 1 atom stereocenters. The molecule has 2 aromatic carbocycles. The van der Waals surface area contributed by atoms with Gasteiger partial charge in [0.25, 0.3) is 0 Å². The van der Waals surface area contributed by atoms with Crippen molar-refractivity contribution in [3.63, 3.8) is 0 Å². The van der Waals surface area contributed by atoms with E-state index in [1.54, 1.807) is 35.6 Å². The van der Waals surface area contributed by atoms with E-state index < -0.39 is 17.8 Å². The summed E-state index contributed by atoms with van der Waals surface area (Å²) in [6.07, 6.45) is 0.831. The average molecular weight is 462 g/mol. The summed E-state index contributed by atoms with van der Waals surface area (Å²) in [6, 6.07) is 18.1. The average Bonchev–Trinajstić information content (AvgIpc) is 3.39. The summed E-state index contributed by atoms with van der Waals surface area (Å²) in [5, 5.41) is 2.08. The monoisotopic (exact) mass is 461 g/mol. The van der Waals surface area contributed by atoms with Crippen LogP contribution < -0.4 is 9.64 Å². The summed E-state index contributed by atoms with van der Waals surface area (Å²) in [6.45, 7) is 2.90. The van der Waals surface area contributed by atoms with Crippen molar-refractivity contribution in [3.8, 4) is 5.75 Å². The Morgan fingerprint density at radius 3 is 2.52 bits per heavy atom. The molecule has 33 heavy (non-hydrogen) atoms. The summed E-state index contributed by atoms with van der Waals surface area (Å²) in [7, 11) is 0. The Morgan fingerprint density at radius 2 is 1.73 bits per heavy atom. The van der Waals surface area contributed by atoms with Gasteiger partial charge in [-0.15, -0.1) is 11.3 Å². The highest BCUT2D eigenvalue weighted by Gasteiger charge is 2.47. The van der Waals surface area contributed by atoms with Gasteiger partial charge >= 0.3 is 17.8 Å². The first-order chi connectivity index (χ1) is 16.1. The molecule has 5 rings (SSSR count). The van der Waals surface area contributed by atoms with Crippen LogP contribution in [-0.4, -0.2) is 47.5 Å². The standard InChI is InChI=1S/C25H23N3O4S/c1-2-32-20-11-7-6-10-19(20)28-24(30)23(29)27(25(28)31)16-26-14-12-21-18(13-15-33-21)22(26)17-8-4-3-5-9-17/h3-11,13,15,22H,2,12,14,16H2,1H3. The van der Waals surface area contributed by atoms with Gasteiger partial charge in [0, 0.05) is 11.4 Å². The number of imide groups is 2. The van der Waals surface area contributed by atoms with E-state index in [0.717, 1.165) is 21.8 Å². The minimum absolute atomic E-state index is 0.0333. The van der Waals surface area contributed by atoms with Gasteiger partial charge in [-0.05, 0) is 48.1 Å². The Morgan fingerprint density at radius 1 is 0.970 bits per heavy atom. The molecule has 1 unspecified atom stereocenters. The number of fused-ring (bicyclic) bond motifs is 1. The number of amides is 4. The summed E-state index contributed by atoms with van der Waals surface area (Å²) in [5.74, 6) is -1.30. The van der Waals surface area contributed by atoms with Crippen LogP contribution in [0.25, 0.3) is 0 Å². The predicted octanol–water partition coefficient (Wildman–Crippen LogP) is 4.05. The van der Waals surface area contributed by atoms with E-state index >= 15 is 0 Å². The minimum Gasteiger partial charge on any atom is -0.492 e. The van der Waals surface area contributed by atoms with Crippen molar-refractivity contribution in [2.24, 2.45) is 0 Å². The molecular weight excluding hydrogens is 438 g/mol. The van der Waals surface area contributed by atoms with E-state index in [1.165, 1.54) is 10.4 Å². The van der Waals surface area contributed by atoms with Crippen LogP contribution in [-0.2, 0) is 16.0 Å². The van der Waals surface area contributed by atoms with E-state index in [2.05, 4.69) is 16.3 Å². The van der Waals surface area contributed by atoms with Crippen LogP contribution in [0.3, 0.4) is 0 Å². The molecule has 1 aromatic heterocycles. The molecule has 0 aliphatic carbocycles. The van der Waals surface area contributed by atoms with Crippen LogP contribution in [0.1, 0.15) is 29.0 Å². The maximum Gasteiger partial charge on any atom is 0.340 e. The second-order valence-corrected chi connectivity index (χ2v) is 8.87. The zero-order chi connectivity index (χ0) is 22.9. The molecule has 8 heteroatoms. The smallest absolute Gasteiger partial charge is 0.340 e. The normalized spacial score (nSPS) is 18.7. The lowest BCUT2D eigenvalue weighted by molar-refractivity contribution is -0.140. The van der Waals surface area contributed by atoms with Crippen LogP contribution in [0, 0.1) is 0 Å². The van der Waals surface area contributed by atoms with E-state index in [-0.39, 0.29) is 18.4 Å². The first kappa shape index (κ1) is 21.4. The van der Waals surface area contributed by atoms with Crippen molar-refractivity contribution in [3.05, 3.63) is 82.0 Å². The third-order valence-electron chi connectivity index (χ3n) is 5.96. The molecule has 3 heterocycles. The zero-order valence-corrected chi connectivity index (χ0v) is 19.0. The molecular formula is C25H23N3O4S. The molecule has 1 fully saturated rings. The number of benzene rings is 2. The van der Waals surface area contributed by atoms with Gasteiger partial charge < -0.3 is 4.74 Å². The number of ether oxygens (including phenoxy) is 1. The molecule has 2 aliphatic heterocycles. The highest BCUT2D eigenvalue weighted by atomic mass is 32.1. The molecule has 0 radical (unpaired) electrons. The fourth-order valence-corrected chi connectivity index (χ4v) is 5.39. The topological polar surface area (TPSA) is 70.2 Å². The quantitative estimate of drug-likeness (QED) is 0.409. The maximum atomic E-state index is 13.3. The second kappa shape index (κ2) is 8.80. The molecule has 2 aliphatic rings. The molecule has 3 aromatic rings. The van der Waals surface area contributed by atoms with Crippen LogP contribution in [0.2, 0.25) is 0 Å². The SMILES string of the molecule is CCOc1ccccc1N1C(=O)C(=O)N(CN2CCc3sccc3C2c2ccccc2)C1=O. The van der Waals surface area contributed by atoms with Gasteiger partial charge in [-0.3, -0.25) is 14.5 Å². The van der Waals surface area contributed by atoms with Crippen molar-refractivity contribution < 1.29 is 19.1 Å². The summed E-state index contributed by atoms with van der Waals surface area (Å²) < 4.78 is 5.59. The lowest BCUT2D eigenvalue weighted by Gasteiger charge is -2.37. The number of nitrogens with zero attached hydrogens (tertiary/aromatic N) is 3. The van der Waals surface area contributed by atoms with Crippen LogP contribution in [0.4, 0.5) is 10.5 Å². The number of para-hydroxylation sites is 2. The number of carbonyl (C=O) groups excluding carboxylic acids is 3. The number of hydrogen-bond donors (Lipinski definition) is 0. The molecule has 0 spiro atoms. The van der Waals surface area contributed by atoms with E-state index in [9.17, 15) is 14.4 Å². The minimum atomic E-state index is -0.864. The number of hydrogen-bond acceptors (Lipinski definition) is 6.